The molecule has 12 heteroatoms. The first-order valence-corrected chi connectivity index (χ1v) is 8.21. The van der Waals surface area contributed by atoms with Crippen LogP contribution in [-0.4, -0.2) is 35.9 Å². The van der Waals surface area contributed by atoms with E-state index < -0.39 is 49.3 Å². The predicted octanol–water partition coefficient (Wildman–Crippen LogP) is 1.68. The minimum Gasteiger partial charge on any atom is -0.478 e. The number of rotatable bonds is 4. The number of nitrogens with zero attached hydrogens (tertiary/aromatic N) is 1. The molecule has 2 rings (SSSR count). The number of carboxylic acid groups (broad SMARTS) is 1. The largest absolute Gasteiger partial charge is 0.478 e. The number of hydrogen-bond acceptors (Lipinski definition) is 6. The third kappa shape index (κ3) is 4.15. The number of halogens is 3. The van der Waals surface area contributed by atoms with Crippen LogP contribution in [0.15, 0.2) is 34.0 Å². The molecule has 0 aliphatic rings. The van der Waals surface area contributed by atoms with E-state index in [4.69, 9.17) is 9.84 Å². The molecule has 2 N–H and O–H groups in total. The summed E-state index contributed by atoms with van der Waals surface area (Å²) in [5.41, 5.74) is -3.45. The van der Waals surface area contributed by atoms with Gasteiger partial charge < -0.3 is 9.84 Å². The number of aromatic amines is 1. The average molecular weight is 378 g/mol. The Kier molecular flexibility index (Phi) is 4.57. The highest BCUT2D eigenvalue weighted by Gasteiger charge is 2.37. The summed E-state index contributed by atoms with van der Waals surface area (Å²) in [6, 6.07) is 2.58. The fourth-order valence-electron chi connectivity index (χ4n) is 1.84. The van der Waals surface area contributed by atoms with Crippen LogP contribution < -0.4 is 10.3 Å². The summed E-state index contributed by atoms with van der Waals surface area (Å²) >= 11 is 0. The summed E-state index contributed by atoms with van der Waals surface area (Å²) < 4.78 is 67.8. The molecule has 25 heavy (non-hydrogen) atoms. The van der Waals surface area contributed by atoms with E-state index in [2.05, 4.69) is 5.10 Å². The van der Waals surface area contributed by atoms with Crippen molar-refractivity contribution < 1.29 is 36.2 Å². The number of nitrogens with one attached hydrogen (secondary N) is 1. The van der Waals surface area contributed by atoms with Gasteiger partial charge in [-0.05, 0) is 12.1 Å². The molecular weight excluding hydrogens is 369 g/mol. The van der Waals surface area contributed by atoms with Crippen molar-refractivity contribution in [2.24, 2.45) is 0 Å². The van der Waals surface area contributed by atoms with Crippen LogP contribution in [0.5, 0.6) is 11.6 Å². The van der Waals surface area contributed by atoms with Crippen molar-refractivity contribution in [3.63, 3.8) is 0 Å². The number of alkyl halides is 3. The summed E-state index contributed by atoms with van der Waals surface area (Å²) in [6.45, 7) is 0. The number of aromatic nitrogens is 2. The van der Waals surface area contributed by atoms with Crippen LogP contribution in [0.3, 0.4) is 0 Å². The van der Waals surface area contributed by atoms with Gasteiger partial charge >= 0.3 is 12.1 Å². The van der Waals surface area contributed by atoms with Gasteiger partial charge in [-0.1, -0.05) is 0 Å². The van der Waals surface area contributed by atoms with Gasteiger partial charge in [0.15, 0.2) is 9.84 Å². The second-order valence-corrected chi connectivity index (χ2v) is 6.77. The molecule has 8 nitrogen and oxygen atoms in total. The van der Waals surface area contributed by atoms with E-state index in [1.54, 1.807) is 0 Å². The van der Waals surface area contributed by atoms with Crippen LogP contribution in [0.4, 0.5) is 13.2 Å². The molecule has 0 aliphatic heterocycles. The molecule has 0 atom stereocenters. The molecule has 0 saturated heterocycles. The first-order valence-electron chi connectivity index (χ1n) is 6.32. The number of aromatic carboxylic acids is 1. The van der Waals surface area contributed by atoms with Gasteiger partial charge in [-0.2, -0.15) is 13.2 Å². The molecule has 1 heterocycles. The lowest BCUT2D eigenvalue weighted by Crippen LogP contribution is -2.15. The highest BCUT2D eigenvalue weighted by molar-refractivity contribution is 7.90. The lowest BCUT2D eigenvalue weighted by molar-refractivity contribution is -0.138. The Labute approximate surface area is 137 Å². The molecule has 134 valence electrons. The second-order valence-electron chi connectivity index (χ2n) is 4.78. The number of carboxylic acids is 1. The summed E-state index contributed by atoms with van der Waals surface area (Å²) in [7, 11) is -4.14. The Balaban J connectivity index is 2.73. The standard InChI is InChI=1S/C13H9F3N2O6S/c1-25(22,23)9-4-6(12(20)21)7(13(14,15)16)5-8(9)24-11-3-2-10(19)17-18-11/h2-5H,1H3,(H,17,19)(H,20,21). The molecule has 1 aromatic heterocycles. The number of carbonyl (C=O) groups is 1. The molecule has 0 saturated carbocycles. The molecule has 0 fully saturated rings. The molecule has 1 aromatic carbocycles. The van der Waals surface area contributed by atoms with Crippen LogP contribution >= 0.6 is 0 Å². The summed E-state index contributed by atoms with van der Waals surface area (Å²) in [6.07, 6.45) is -4.39. The number of ether oxygens (including phenoxy) is 1. The smallest absolute Gasteiger partial charge is 0.417 e. The van der Waals surface area contributed by atoms with Crippen LogP contribution in [-0.2, 0) is 16.0 Å². The summed E-state index contributed by atoms with van der Waals surface area (Å²) in [5.74, 6) is -3.12. The van der Waals surface area contributed by atoms with E-state index in [0.717, 1.165) is 12.1 Å². The van der Waals surface area contributed by atoms with Crippen molar-refractivity contribution in [2.75, 3.05) is 6.26 Å². The topological polar surface area (TPSA) is 126 Å². The fraction of sp³-hybridized carbons (Fsp3) is 0.154. The number of sulfone groups is 1. The zero-order valence-electron chi connectivity index (χ0n) is 12.3. The maximum absolute atomic E-state index is 13.1. The summed E-state index contributed by atoms with van der Waals surface area (Å²) in [4.78, 5) is 21.2. The van der Waals surface area contributed by atoms with Crippen LogP contribution in [0, 0.1) is 0 Å². The highest BCUT2D eigenvalue weighted by Crippen LogP contribution is 2.38. The average Bonchev–Trinajstić information content (AvgIpc) is 2.47. The first kappa shape index (κ1) is 18.4. The lowest BCUT2D eigenvalue weighted by atomic mass is 10.1. The molecule has 2 aromatic rings. The number of H-pyrrole nitrogens is 1. The van der Waals surface area contributed by atoms with Crippen LogP contribution in [0.1, 0.15) is 15.9 Å². The minimum atomic E-state index is -5.07. The van der Waals surface area contributed by atoms with Crippen molar-refractivity contribution in [3.05, 3.63) is 45.7 Å². The number of hydrogen-bond donors (Lipinski definition) is 2. The lowest BCUT2D eigenvalue weighted by Gasteiger charge is -2.15. The van der Waals surface area contributed by atoms with Crippen molar-refractivity contribution >= 4 is 15.8 Å². The monoisotopic (exact) mass is 378 g/mol. The Bertz CT molecular complexity index is 977. The molecule has 0 aliphatic carbocycles. The molecule has 0 bridgehead atoms. The Morgan fingerprint density at radius 3 is 2.36 bits per heavy atom. The minimum absolute atomic E-state index is 0.257. The maximum Gasteiger partial charge on any atom is 0.417 e. The van der Waals surface area contributed by atoms with Crippen molar-refractivity contribution in [2.45, 2.75) is 11.1 Å². The van der Waals surface area contributed by atoms with E-state index in [1.807, 2.05) is 5.10 Å². The third-order valence-electron chi connectivity index (χ3n) is 2.89. The van der Waals surface area contributed by atoms with E-state index in [-0.39, 0.29) is 11.9 Å². The zero-order valence-corrected chi connectivity index (χ0v) is 13.1. The maximum atomic E-state index is 13.1. The normalized spacial score (nSPS) is 12.0. The van der Waals surface area contributed by atoms with Gasteiger partial charge in [-0.3, -0.25) is 4.79 Å². The van der Waals surface area contributed by atoms with Crippen LogP contribution in [0.25, 0.3) is 0 Å². The summed E-state index contributed by atoms with van der Waals surface area (Å²) in [5, 5.41) is 14.3. The van der Waals surface area contributed by atoms with Crippen LogP contribution in [0.2, 0.25) is 0 Å². The second kappa shape index (κ2) is 6.20. The number of benzene rings is 1. The van der Waals surface area contributed by atoms with E-state index in [1.165, 1.54) is 0 Å². The van der Waals surface area contributed by atoms with Gasteiger partial charge in [0.05, 0.1) is 11.1 Å². The van der Waals surface area contributed by atoms with Gasteiger partial charge in [-0.25, -0.2) is 18.3 Å². The van der Waals surface area contributed by atoms with Crippen molar-refractivity contribution in [3.8, 4) is 11.6 Å². The van der Waals surface area contributed by atoms with Gasteiger partial charge in [0, 0.05) is 18.4 Å². The molecule has 0 unspecified atom stereocenters. The van der Waals surface area contributed by atoms with Gasteiger partial charge in [0.1, 0.15) is 10.6 Å². The molecule has 0 radical (unpaired) electrons. The van der Waals surface area contributed by atoms with Crippen molar-refractivity contribution in [1.29, 1.82) is 0 Å². The predicted molar refractivity (Wildman–Crippen MR) is 76.4 cm³/mol. The Hall–Kier alpha value is -2.89. The van der Waals surface area contributed by atoms with Gasteiger partial charge in [0.2, 0.25) is 5.88 Å². The van der Waals surface area contributed by atoms with E-state index >= 15 is 0 Å². The molecule has 0 spiro atoms. The Morgan fingerprint density at radius 2 is 1.92 bits per heavy atom. The Morgan fingerprint density at radius 1 is 1.28 bits per heavy atom. The van der Waals surface area contributed by atoms with Crippen molar-refractivity contribution in [1.82, 2.24) is 10.2 Å². The molecular formula is C13H9F3N2O6S. The zero-order chi connectivity index (χ0) is 19.0. The SMILES string of the molecule is CS(=O)(=O)c1cc(C(=O)O)c(C(F)(F)F)cc1Oc1ccc(=O)[nH]n1. The quantitative estimate of drug-likeness (QED) is 0.829. The third-order valence-corrected chi connectivity index (χ3v) is 4.01. The fourth-order valence-corrected chi connectivity index (χ4v) is 2.64. The van der Waals surface area contributed by atoms with E-state index in [9.17, 15) is 31.2 Å². The van der Waals surface area contributed by atoms with E-state index in [0.29, 0.717) is 12.3 Å². The first-order chi connectivity index (χ1) is 11.4. The van der Waals surface area contributed by atoms with Gasteiger partial charge in [0.25, 0.3) is 5.56 Å². The highest BCUT2D eigenvalue weighted by atomic mass is 32.2. The van der Waals surface area contributed by atoms with Gasteiger partial charge in [-0.15, -0.1) is 5.10 Å². The molecule has 0 amide bonds.